The Morgan fingerprint density at radius 2 is 1.70 bits per heavy atom. The zero-order valence-corrected chi connectivity index (χ0v) is 19.2. The summed E-state index contributed by atoms with van der Waals surface area (Å²) in [5, 5.41) is 7.22. The predicted octanol–water partition coefficient (Wildman–Crippen LogP) is 4.35. The van der Waals surface area contributed by atoms with Crippen LogP contribution in [0, 0.1) is 0 Å². The number of hydrogen-bond donors (Lipinski definition) is 2. The van der Waals surface area contributed by atoms with E-state index in [1.165, 1.54) is 13.3 Å². The number of nitrogens with one attached hydrogen (secondary N) is 2. The summed E-state index contributed by atoms with van der Waals surface area (Å²) < 4.78 is 11.2. The van der Waals surface area contributed by atoms with Crippen molar-refractivity contribution in [2.24, 2.45) is 5.10 Å². The zero-order chi connectivity index (χ0) is 23.6. The molecule has 0 saturated heterocycles. The molecule has 0 unspecified atom stereocenters. The first-order chi connectivity index (χ1) is 16.0. The van der Waals surface area contributed by atoms with Crippen LogP contribution in [0.15, 0.2) is 71.8 Å². The number of hydrogen-bond acceptors (Lipinski definition) is 5. The van der Waals surface area contributed by atoms with E-state index in [-0.39, 0.29) is 6.54 Å². The number of methoxy groups -OCH3 is 1. The van der Waals surface area contributed by atoms with Gasteiger partial charge in [0, 0.05) is 11.6 Å². The van der Waals surface area contributed by atoms with Crippen molar-refractivity contribution in [2.45, 2.75) is 13.2 Å². The van der Waals surface area contributed by atoms with Crippen LogP contribution in [-0.2, 0) is 22.7 Å². The summed E-state index contributed by atoms with van der Waals surface area (Å²) in [4.78, 5) is 23.9. The molecule has 0 aromatic heterocycles. The molecule has 2 amide bonds. The van der Waals surface area contributed by atoms with E-state index < -0.39 is 11.8 Å². The van der Waals surface area contributed by atoms with Gasteiger partial charge in [-0.05, 0) is 41.0 Å². The third-order valence-electron chi connectivity index (χ3n) is 4.43. The van der Waals surface area contributed by atoms with Crippen molar-refractivity contribution in [1.29, 1.82) is 0 Å². The van der Waals surface area contributed by atoms with Gasteiger partial charge < -0.3 is 14.8 Å². The fourth-order valence-corrected chi connectivity index (χ4v) is 3.16. The molecule has 0 atom stereocenters. The van der Waals surface area contributed by atoms with Crippen LogP contribution in [0.2, 0.25) is 10.0 Å². The average Bonchev–Trinajstić information content (AvgIpc) is 2.83. The molecule has 0 radical (unpaired) electrons. The van der Waals surface area contributed by atoms with Crippen LogP contribution in [0.25, 0.3) is 0 Å². The highest BCUT2D eigenvalue weighted by molar-refractivity contribution is 6.35. The first kappa shape index (κ1) is 24.1. The summed E-state index contributed by atoms with van der Waals surface area (Å²) in [7, 11) is 1.49. The van der Waals surface area contributed by atoms with Crippen LogP contribution in [0.1, 0.15) is 16.7 Å². The Labute approximate surface area is 201 Å². The maximum atomic E-state index is 11.9. The normalized spacial score (nSPS) is 10.6. The molecule has 9 heteroatoms. The molecule has 0 spiro atoms. The summed E-state index contributed by atoms with van der Waals surface area (Å²) in [5.74, 6) is -0.916. The number of ether oxygens (including phenoxy) is 2. The Balaban J connectivity index is 1.56. The number of carbonyl (C=O) groups is 2. The van der Waals surface area contributed by atoms with Gasteiger partial charge in [-0.1, -0.05) is 65.7 Å². The lowest BCUT2D eigenvalue weighted by atomic mass is 10.2. The van der Waals surface area contributed by atoms with Crippen molar-refractivity contribution in [3.8, 4) is 11.5 Å². The van der Waals surface area contributed by atoms with E-state index in [2.05, 4.69) is 15.8 Å². The smallest absolute Gasteiger partial charge is 0.329 e. The molecule has 0 aliphatic rings. The third kappa shape index (κ3) is 7.24. The van der Waals surface area contributed by atoms with Gasteiger partial charge in [-0.2, -0.15) is 5.10 Å². The zero-order valence-electron chi connectivity index (χ0n) is 17.7. The number of hydrazone groups is 1. The van der Waals surface area contributed by atoms with E-state index in [1.54, 1.807) is 36.4 Å². The van der Waals surface area contributed by atoms with Gasteiger partial charge in [0.1, 0.15) is 6.61 Å². The number of halogens is 2. The molecule has 3 aromatic carbocycles. The maximum absolute atomic E-state index is 11.9. The molecular formula is C24H21Cl2N3O4. The highest BCUT2D eigenvalue weighted by Gasteiger charge is 2.14. The summed E-state index contributed by atoms with van der Waals surface area (Å²) in [6.07, 6.45) is 1.35. The average molecular weight is 486 g/mol. The maximum Gasteiger partial charge on any atom is 0.329 e. The van der Waals surface area contributed by atoms with Crippen molar-refractivity contribution < 1.29 is 19.1 Å². The van der Waals surface area contributed by atoms with Gasteiger partial charge in [-0.15, -0.1) is 0 Å². The molecule has 0 aliphatic carbocycles. The number of rotatable bonds is 8. The minimum absolute atomic E-state index is 0.185. The Bertz CT molecular complexity index is 1140. The molecule has 0 fully saturated rings. The van der Waals surface area contributed by atoms with Gasteiger partial charge in [-0.25, -0.2) is 5.43 Å². The van der Waals surface area contributed by atoms with E-state index in [0.717, 1.165) is 11.1 Å². The molecule has 7 nitrogen and oxygen atoms in total. The topological polar surface area (TPSA) is 89.0 Å². The van der Waals surface area contributed by atoms with Gasteiger partial charge in [-0.3, -0.25) is 9.59 Å². The molecule has 170 valence electrons. The summed E-state index contributed by atoms with van der Waals surface area (Å²) in [6.45, 7) is 0.510. The van der Waals surface area contributed by atoms with Crippen molar-refractivity contribution in [1.82, 2.24) is 10.7 Å². The quantitative estimate of drug-likeness (QED) is 0.282. The van der Waals surface area contributed by atoms with Crippen LogP contribution >= 0.6 is 23.2 Å². The number of nitrogens with zero attached hydrogens (tertiary/aromatic N) is 1. The van der Waals surface area contributed by atoms with Crippen molar-refractivity contribution >= 4 is 41.2 Å². The molecule has 2 N–H and O–H groups in total. The molecule has 0 bridgehead atoms. The minimum atomic E-state index is -0.902. The second kappa shape index (κ2) is 11.9. The Morgan fingerprint density at radius 3 is 2.39 bits per heavy atom. The first-order valence-corrected chi connectivity index (χ1v) is 10.6. The second-order valence-corrected chi connectivity index (χ2v) is 7.66. The Kier molecular flexibility index (Phi) is 8.69. The van der Waals surface area contributed by atoms with E-state index in [1.807, 2.05) is 30.3 Å². The van der Waals surface area contributed by atoms with Gasteiger partial charge in [0.15, 0.2) is 11.5 Å². The van der Waals surface area contributed by atoms with Gasteiger partial charge in [0.25, 0.3) is 0 Å². The van der Waals surface area contributed by atoms with Crippen molar-refractivity contribution in [3.05, 3.63) is 93.5 Å². The lowest BCUT2D eigenvalue weighted by Crippen LogP contribution is -2.37. The standard InChI is InChI=1S/C24H21Cl2N3O4/c1-32-21-12-18(11-20(26)22(21)33-15-17-5-3-2-4-6-17)14-28-29-24(31)23(30)27-13-16-7-9-19(25)10-8-16/h2-12,14H,13,15H2,1H3,(H,27,30)(H,29,31)/b28-14-. The molecule has 0 aliphatic heterocycles. The summed E-state index contributed by atoms with van der Waals surface area (Å²) >= 11 is 12.2. The fourth-order valence-electron chi connectivity index (χ4n) is 2.77. The van der Waals surface area contributed by atoms with Crippen LogP contribution in [-0.4, -0.2) is 25.1 Å². The summed E-state index contributed by atoms with van der Waals surface area (Å²) in [5.41, 5.74) is 4.51. The van der Waals surface area contributed by atoms with E-state index in [0.29, 0.717) is 33.7 Å². The van der Waals surface area contributed by atoms with Crippen LogP contribution in [0.5, 0.6) is 11.5 Å². The lowest BCUT2D eigenvalue weighted by molar-refractivity contribution is -0.139. The van der Waals surface area contributed by atoms with E-state index in [4.69, 9.17) is 32.7 Å². The van der Waals surface area contributed by atoms with Gasteiger partial charge in [0.2, 0.25) is 0 Å². The number of carbonyl (C=O) groups excluding carboxylic acids is 2. The summed E-state index contributed by atoms with van der Waals surface area (Å²) in [6, 6.07) is 19.8. The molecule has 33 heavy (non-hydrogen) atoms. The molecule has 3 rings (SSSR count). The minimum Gasteiger partial charge on any atom is -0.493 e. The van der Waals surface area contributed by atoms with Crippen molar-refractivity contribution in [2.75, 3.05) is 7.11 Å². The largest absolute Gasteiger partial charge is 0.493 e. The SMILES string of the molecule is COc1cc(/C=N\NC(=O)C(=O)NCc2ccc(Cl)cc2)cc(Cl)c1OCc1ccccc1. The van der Waals surface area contributed by atoms with Crippen LogP contribution < -0.4 is 20.2 Å². The number of benzene rings is 3. The van der Waals surface area contributed by atoms with E-state index >= 15 is 0 Å². The third-order valence-corrected chi connectivity index (χ3v) is 4.96. The highest BCUT2D eigenvalue weighted by Crippen LogP contribution is 2.36. The monoisotopic (exact) mass is 485 g/mol. The van der Waals surface area contributed by atoms with Gasteiger partial charge >= 0.3 is 11.8 Å². The first-order valence-electron chi connectivity index (χ1n) is 9.86. The molecule has 3 aromatic rings. The second-order valence-electron chi connectivity index (χ2n) is 6.82. The Hall–Kier alpha value is -3.55. The van der Waals surface area contributed by atoms with Crippen LogP contribution in [0.4, 0.5) is 0 Å². The van der Waals surface area contributed by atoms with Crippen molar-refractivity contribution in [3.63, 3.8) is 0 Å². The highest BCUT2D eigenvalue weighted by atomic mass is 35.5. The molecule has 0 heterocycles. The molecular weight excluding hydrogens is 465 g/mol. The van der Waals surface area contributed by atoms with E-state index in [9.17, 15) is 9.59 Å². The number of amides is 2. The lowest BCUT2D eigenvalue weighted by Gasteiger charge is -2.13. The van der Waals surface area contributed by atoms with Crippen LogP contribution in [0.3, 0.4) is 0 Å². The molecule has 0 saturated carbocycles. The fraction of sp³-hybridized carbons (Fsp3) is 0.125. The predicted molar refractivity (Wildman–Crippen MR) is 128 cm³/mol. The Morgan fingerprint density at radius 1 is 0.970 bits per heavy atom. The van der Waals surface area contributed by atoms with Gasteiger partial charge in [0.05, 0.1) is 18.3 Å².